The minimum Gasteiger partial charge on any atom is -0.453 e. The van der Waals surface area contributed by atoms with Crippen LogP contribution in [0.4, 0.5) is 14.9 Å². The summed E-state index contributed by atoms with van der Waals surface area (Å²) >= 11 is 0. The number of benzene rings is 2. The van der Waals surface area contributed by atoms with E-state index in [0.29, 0.717) is 18.5 Å². The molecule has 2 amide bonds. The van der Waals surface area contributed by atoms with Crippen LogP contribution in [0, 0.1) is 11.7 Å². The van der Waals surface area contributed by atoms with Gasteiger partial charge in [-0.2, -0.15) is 4.31 Å². The maximum Gasteiger partial charge on any atom is 0.469 e. The van der Waals surface area contributed by atoms with E-state index in [4.69, 9.17) is 10.3 Å². The summed E-state index contributed by atoms with van der Waals surface area (Å²) in [5.41, 5.74) is 6.30. The minimum absolute atomic E-state index is 0.0326. The van der Waals surface area contributed by atoms with Gasteiger partial charge in [0.25, 0.3) is 0 Å². The number of alkyl carbamates (subject to hydrolysis) is 1. The van der Waals surface area contributed by atoms with Crippen molar-refractivity contribution in [3.63, 3.8) is 0 Å². The number of nitrogens with zero attached hydrogens (tertiary/aromatic N) is 1. The number of rotatable bonds is 17. The van der Waals surface area contributed by atoms with Gasteiger partial charge in [-0.15, -0.1) is 0 Å². The molecule has 0 fully saturated rings. The summed E-state index contributed by atoms with van der Waals surface area (Å²) in [4.78, 5) is 43.2. The van der Waals surface area contributed by atoms with Crippen molar-refractivity contribution in [3.05, 3.63) is 59.9 Å². The summed E-state index contributed by atoms with van der Waals surface area (Å²) in [5, 5.41) is 5.06. The number of nitrogens with two attached hydrogens (primary N) is 1. The molecule has 0 aliphatic heterocycles. The van der Waals surface area contributed by atoms with Gasteiger partial charge in [0.15, 0.2) is 0 Å². The summed E-state index contributed by atoms with van der Waals surface area (Å²) in [7, 11) is -7.87. The Kier molecular flexibility index (Phi) is 14.0. The highest BCUT2D eigenvalue weighted by Gasteiger charge is 2.33. The predicted molar refractivity (Wildman–Crippen MR) is 158 cm³/mol. The normalized spacial score (nSPS) is 13.5. The number of carbonyl (C=O) groups is 2. The molecule has 240 valence electrons. The first-order chi connectivity index (χ1) is 20.1. The number of halogens is 1. The van der Waals surface area contributed by atoms with Crippen LogP contribution in [0.3, 0.4) is 0 Å². The van der Waals surface area contributed by atoms with Crippen LogP contribution in [0.2, 0.25) is 0 Å². The van der Waals surface area contributed by atoms with Crippen molar-refractivity contribution in [2.75, 3.05) is 32.5 Å². The van der Waals surface area contributed by atoms with Gasteiger partial charge < -0.3 is 30.9 Å². The summed E-state index contributed by atoms with van der Waals surface area (Å²) in [5.74, 6) is -1.24. The molecule has 16 heteroatoms. The lowest BCUT2D eigenvalue weighted by Gasteiger charge is -2.32. The number of ether oxygens (including phenoxy) is 1. The first kappa shape index (κ1) is 36.1. The van der Waals surface area contributed by atoms with E-state index >= 15 is 0 Å². The number of carbonyl (C=O) groups excluding carboxylic acids is 2. The topological polar surface area (TPSA) is 198 Å². The van der Waals surface area contributed by atoms with Gasteiger partial charge in [-0.05, 0) is 54.7 Å². The summed E-state index contributed by atoms with van der Waals surface area (Å²) in [6.45, 7) is 3.22. The average Bonchev–Trinajstić information content (AvgIpc) is 2.93. The lowest BCUT2D eigenvalue weighted by atomic mass is 10.0. The number of unbranched alkanes of at least 4 members (excludes halogenated alkanes) is 1. The summed E-state index contributed by atoms with van der Waals surface area (Å²) in [6.07, 6.45) is -0.153. The molecule has 0 bridgehead atoms. The molecule has 0 aliphatic carbocycles. The number of sulfonamides is 1. The quantitative estimate of drug-likeness (QED) is 0.0968. The maximum absolute atomic E-state index is 14.2. The van der Waals surface area contributed by atoms with Crippen LogP contribution >= 0.6 is 7.82 Å². The minimum atomic E-state index is -4.91. The third-order valence-electron chi connectivity index (χ3n) is 6.31. The molecule has 1 unspecified atom stereocenters. The van der Waals surface area contributed by atoms with E-state index in [0.717, 1.165) is 7.11 Å². The third kappa shape index (κ3) is 12.2. The van der Waals surface area contributed by atoms with E-state index in [1.54, 1.807) is 6.07 Å². The van der Waals surface area contributed by atoms with Crippen LogP contribution in [0.15, 0.2) is 53.4 Å². The Balaban J connectivity index is 2.12. The molecule has 0 saturated carbocycles. The molecule has 0 spiro atoms. The lowest BCUT2D eigenvalue weighted by molar-refractivity contribution is -0.123. The van der Waals surface area contributed by atoms with E-state index in [-0.39, 0.29) is 42.3 Å². The number of phosphoric ester groups is 1. The van der Waals surface area contributed by atoms with Gasteiger partial charge in [-0.1, -0.05) is 38.5 Å². The number of nitrogens with one attached hydrogen (secondary N) is 2. The van der Waals surface area contributed by atoms with Crippen molar-refractivity contribution < 1.29 is 46.0 Å². The molecule has 0 saturated heterocycles. The number of methoxy groups -OCH3 is 1. The highest BCUT2D eigenvalue weighted by atomic mass is 32.2. The number of nitrogen functional groups attached to an aromatic ring is 1. The van der Waals surface area contributed by atoms with Crippen LogP contribution in [0.5, 0.6) is 0 Å². The van der Waals surface area contributed by atoms with Crippen molar-refractivity contribution >= 4 is 35.5 Å². The van der Waals surface area contributed by atoms with Gasteiger partial charge in [-0.3, -0.25) is 9.32 Å². The molecular weight excluding hydrogens is 606 g/mol. The molecule has 0 heterocycles. The zero-order valence-electron chi connectivity index (χ0n) is 24.3. The number of hydrogen-bond donors (Lipinski definition) is 5. The van der Waals surface area contributed by atoms with Crippen LogP contribution in [0.1, 0.15) is 38.7 Å². The van der Waals surface area contributed by atoms with Gasteiger partial charge in [0.05, 0.1) is 18.6 Å². The van der Waals surface area contributed by atoms with Gasteiger partial charge >= 0.3 is 13.9 Å². The Morgan fingerprint density at radius 3 is 2.33 bits per heavy atom. The number of hydrogen-bond acceptors (Lipinski definition) is 8. The molecule has 0 aromatic heterocycles. The first-order valence-corrected chi connectivity index (χ1v) is 16.5. The van der Waals surface area contributed by atoms with Crippen molar-refractivity contribution in [3.8, 4) is 0 Å². The largest absolute Gasteiger partial charge is 0.469 e. The zero-order valence-corrected chi connectivity index (χ0v) is 26.0. The molecule has 2 atom stereocenters. The van der Waals surface area contributed by atoms with Gasteiger partial charge in [-0.25, -0.2) is 22.2 Å². The van der Waals surface area contributed by atoms with Crippen LogP contribution < -0.4 is 16.4 Å². The van der Waals surface area contributed by atoms with Gasteiger partial charge in [0.1, 0.15) is 11.9 Å². The van der Waals surface area contributed by atoms with E-state index in [2.05, 4.69) is 15.4 Å². The fourth-order valence-corrected chi connectivity index (χ4v) is 6.38. The third-order valence-corrected chi connectivity index (χ3v) is 8.73. The van der Waals surface area contributed by atoms with Crippen LogP contribution in [-0.2, 0) is 35.1 Å². The standard InChI is InChI=1S/C27H40FN4O9PS/c1-19(2)17-32(43(38,39)23-13-11-21(29)12-14-23)22(18-41-42(35,36)37)9-6-7-15-30-26(33)25(31-27(34)40-3)16-20-8-4-5-10-24(20)28/h4-5,8,10-14,19,22,25H,6-7,9,15-18,29H2,1-3H3,(H,30,33)(H,31,34)(H2,35,36,37)/t22?,25-/m0/s1. The molecular formula is C27H40FN4O9PS. The van der Waals surface area contributed by atoms with E-state index in [1.165, 1.54) is 46.8 Å². The molecule has 13 nitrogen and oxygen atoms in total. The van der Waals surface area contributed by atoms with E-state index < -0.39 is 54.4 Å². The van der Waals surface area contributed by atoms with Crippen molar-refractivity contribution in [2.45, 2.75) is 56.5 Å². The van der Waals surface area contributed by atoms with Crippen molar-refractivity contribution in [1.82, 2.24) is 14.9 Å². The van der Waals surface area contributed by atoms with Crippen LogP contribution in [0.25, 0.3) is 0 Å². The van der Waals surface area contributed by atoms with Crippen molar-refractivity contribution in [2.24, 2.45) is 5.92 Å². The van der Waals surface area contributed by atoms with Crippen LogP contribution in [-0.4, -0.2) is 73.4 Å². The maximum atomic E-state index is 14.2. The molecule has 0 aliphatic rings. The fourth-order valence-electron chi connectivity index (χ4n) is 4.21. The average molecular weight is 647 g/mol. The Hall–Kier alpha value is -3.07. The number of anilines is 1. The number of amides is 2. The molecule has 2 rings (SSSR count). The number of phosphoric acid groups is 1. The highest BCUT2D eigenvalue weighted by Crippen LogP contribution is 2.37. The summed E-state index contributed by atoms with van der Waals surface area (Å²) < 4.78 is 63.3. The van der Waals surface area contributed by atoms with Crippen molar-refractivity contribution in [1.29, 1.82) is 0 Å². The molecule has 0 radical (unpaired) electrons. The second kappa shape index (κ2) is 16.7. The molecule has 2 aromatic carbocycles. The Morgan fingerprint density at radius 1 is 1.09 bits per heavy atom. The predicted octanol–water partition coefficient (Wildman–Crippen LogP) is 2.79. The Morgan fingerprint density at radius 2 is 1.74 bits per heavy atom. The highest BCUT2D eigenvalue weighted by molar-refractivity contribution is 7.89. The monoisotopic (exact) mass is 646 g/mol. The van der Waals surface area contributed by atoms with E-state index in [1.807, 2.05) is 13.8 Å². The van der Waals surface area contributed by atoms with Gasteiger partial charge in [0, 0.05) is 31.2 Å². The SMILES string of the molecule is COC(=O)N[C@@H](Cc1ccccc1F)C(=O)NCCCCC(COP(=O)(O)O)N(CC(C)C)S(=O)(=O)c1ccc(N)cc1. The second-order valence-electron chi connectivity index (χ2n) is 10.2. The Bertz CT molecular complexity index is 1360. The first-order valence-electron chi connectivity index (χ1n) is 13.6. The van der Waals surface area contributed by atoms with Gasteiger partial charge in [0.2, 0.25) is 15.9 Å². The zero-order chi connectivity index (χ0) is 32.2. The molecule has 2 aromatic rings. The fraction of sp³-hybridized carbons (Fsp3) is 0.481. The lowest BCUT2D eigenvalue weighted by Crippen LogP contribution is -2.48. The smallest absolute Gasteiger partial charge is 0.453 e. The molecule has 6 N–H and O–H groups in total. The second-order valence-corrected chi connectivity index (χ2v) is 13.4. The van der Waals surface area contributed by atoms with E-state index in [9.17, 15) is 36.7 Å². The summed E-state index contributed by atoms with van der Waals surface area (Å²) in [6, 6.07) is 9.38. The Labute approximate surface area is 251 Å². The molecule has 43 heavy (non-hydrogen) atoms.